The Bertz CT molecular complexity index is 1350. The molecule has 0 aromatic heterocycles. The zero-order valence-electron chi connectivity index (χ0n) is 24.6. The third-order valence-electron chi connectivity index (χ3n) is 7.26. The Balaban J connectivity index is 1.44. The maximum atomic E-state index is 6.69. The largest absolute Gasteiger partial charge is 0.491 e. The van der Waals surface area contributed by atoms with Crippen LogP contribution in [0.3, 0.4) is 0 Å². The SMILES string of the molecule is C=CCO[C@H]1O[C@H](COc2ccc(C)cc2)[C@@H](OCc2ccccc2)[C@H](OCc2ccccc2)[C@H]1OCc1ccccc1. The highest BCUT2D eigenvalue weighted by molar-refractivity contribution is 5.26. The van der Waals surface area contributed by atoms with Crippen LogP contribution in [-0.2, 0) is 43.5 Å². The van der Waals surface area contributed by atoms with Gasteiger partial charge in [0.1, 0.15) is 36.8 Å². The molecule has 224 valence electrons. The van der Waals surface area contributed by atoms with Crippen molar-refractivity contribution < 1.29 is 28.4 Å². The summed E-state index contributed by atoms with van der Waals surface area (Å²) in [6, 6.07) is 38.2. The van der Waals surface area contributed by atoms with Gasteiger partial charge in [0, 0.05) is 0 Å². The molecule has 4 aromatic carbocycles. The van der Waals surface area contributed by atoms with E-state index in [-0.39, 0.29) is 6.61 Å². The molecule has 0 aliphatic carbocycles. The maximum absolute atomic E-state index is 6.69. The lowest BCUT2D eigenvalue weighted by Crippen LogP contribution is -2.62. The zero-order chi connectivity index (χ0) is 29.7. The van der Waals surface area contributed by atoms with Gasteiger partial charge in [0.2, 0.25) is 0 Å². The Morgan fingerprint density at radius 3 is 1.60 bits per heavy atom. The van der Waals surface area contributed by atoms with Crippen molar-refractivity contribution in [2.24, 2.45) is 0 Å². The van der Waals surface area contributed by atoms with Gasteiger partial charge in [-0.2, -0.15) is 0 Å². The van der Waals surface area contributed by atoms with Crippen molar-refractivity contribution in [3.63, 3.8) is 0 Å². The van der Waals surface area contributed by atoms with Gasteiger partial charge in [0.05, 0.1) is 26.4 Å². The fourth-order valence-corrected chi connectivity index (χ4v) is 4.99. The van der Waals surface area contributed by atoms with Crippen LogP contribution >= 0.6 is 0 Å². The molecular weight excluding hydrogens is 540 g/mol. The highest BCUT2D eigenvalue weighted by Crippen LogP contribution is 2.32. The summed E-state index contributed by atoms with van der Waals surface area (Å²) in [5, 5.41) is 0. The lowest BCUT2D eigenvalue weighted by atomic mass is 9.97. The lowest BCUT2D eigenvalue weighted by Gasteiger charge is -2.45. The van der Waals surface area contributed by atoms with E-state index in [1.165, 1.54) is 0 Å². The van der Waals surface area contributed by atoms with Crippen LogP contribution in [0.15, 0.2) is 128 Å². The van der Waals surface area contributed by atoms with Gasteiger partial charge in [-0.05, 0) is 35.7 Å². The number of rotatable bonds is 15. The fraction of sp³-hybridized carbons (Fsp3) is 0.297. The number of ether oxygens (including phenoxy) is 6. The summed E-state index contributed by atoms with van der Waals surface area (Å²) in [5.74, 6) is 0.753. The zero-order valence-corrected chi connectivity index (χ0v) is 24.6. The molecule has 0 spiro atoms. The van der Waals surface area contributed by atoms with E-state index in [4.69, 9.17) is 28.4 Å². The van der Waals surface area contributed by atoms with E-state index in [2.05, 4.69) is 6.58 Å². The van der Waals surface area contributed by atoms with Crippen molar-refractivity contribution in [2.45, 2.75) is 57.5 Å². The average molecular weight is 581 g/mol. The Morgan fingerprint density at radius 2 is 1.09 bits per heavy atom. The third-order valence-corrected chi connectivity index (χ3v) is 7.26. The average Bonchev–Trinajstić information content (AvgIpc) is 3.06. The van der Waals surface area contributed by atoms with Gasteiger partial charge in [-0.15, -0.1) is 6.58 Å². The first-order valence-corrected chi connectivity index (χ1v) is 14.7. The topological polar surface area (TPSA) is 55.4 Å². The second kappa shape index (κ2) is 16.2. The van der Waals surface area contributed by atoms with E-state index in [9.17, 15) is 0 Å². The molecule has 1 heterocycles. The predicted molar refractivity (Wildman–Crippen MR) is 167 cm³/mol. The van der Waals surface area contributed by atoms with Crippen LogP contribution in [0.25, 0.3) is 0 Å². The van der Waals surface area contributed by atoms with Gasteiger partial charge < -0.3 is 28.4 Å². The van der Waals surface area contributed by atoms with Gasteiger partial charge in [-0.1, -0.05) is 115 Å². The highest BCUT2D eigenvalue weighted by Gasteiger charge is 2.49. The van der Waals surface area contributed by atoms with Crippen molar-refractivity contribution >= 4 is 0 Å². The summed E-state index contributed by atoms with van der Waals surface area (Å²) < 4.78 is 38.9. The summed E-state index contributed by atoms with van der Waals surface area (Å²) in [6.45, 7) is 7.54. The first kappa shape index (κ1) is 30.7. The first-order chi connectivity index (χ1) is 21.2. The van der Waals surface area contributed by atoms with Crippen LogP contribution in [-0.4, -0.2) is 43.9 Å². The van der Waals surface area contributed by atoms with Crippen molar-refractivity contribution in [2.75, 3.05) is 13.2 Å². The molecule has 5 rings (SSSR count). The van der Waals surface area contributed by atoms with E-state index in [0.29, 0.717) is 26.4 Å². The molecule has 0 N–H and O–H groups in total. The molecule has 6 heteroatoms. The van der Waals surface area contributed by atoms with E-state index < -0.39 is 30.7 Å². The van der Waals surface area contributed by atoms with Crippen LogP contribution in [0.2, 0.25) is 0 Å². The molecule has 6 nitrogen and oxygen atoms in total. The molecular formula is C37H40O6. The molecule has 0 amide bonds. The summed E-state index contributed by atoms with van der Waals surface area (Å²) in [5.41, 5.74) is 4.30. The Kier molecular flexibility index (Phi) is 11.5. The van der Waals surface area contributed by atoms with E-state index >= 15 is 0 Å². The summed E-state index contributed by atoms with van der Waals surface area (Å²) in [7, 11) is 0. The molecule has 5 atom stereocenters. The molecule has 4 aromatic rings. The van der Waals surface area contributed by atoms with Crippen LogP contribution in [0.5, 0.6) is 5.75 Å². The molecule has 1 aliphatic heterocycles. The Labute approximate surface area is 254 Å². The second-order valence-corrected chi connectivity index (χ2v) is 10.6. The van der Waals surface area contributed by atoms with Gasteiger partial charge in [-0.3, -0.25) is 0 Å². The minimum atomic E-state index is -0.731. The molecule has 1 saturated heterocycles. The standard InChI is InChI=1S/C37H40O6/c1-3-23-38-37-36(42-26-31-17-11-6-12-18-31)35(41-25-30-15-9-5-10-16-30)34(40-24-29-13-7-4-8-14-29)33(43-37)27-39-32-21-19-28(2)20-22-32/h3-22,33-37H,1,23-27H2,2H3/t33-,34-,35+,36-,37+/m1/s1. The minimum absolute atomic E-state index is 0.243. The molecule has 43 heavy (non-hydrogen) atoms. The van der Waals surface area contributed by atoms with Crippen molar-refractivity contribution in [3.8, 4) is 5.75 Å². The van der Waals surface area contributed by atoms with Crippen molar-refractivity contribution in [1.29, 1.82) is 0 Å². The molecule has 0 unspecified atom stereocenters. The lowest BCUT2D eigenvalue weighted by molar-refractivity contribution is -0.323. The summed E-state index contributed by atoms with van der Waals surface area (Å²) >= 11 is 0. The number of aryl methyl sites for hydroxylation is 1. The van der Waals surface area contributed by atoms with Gasteiger partial charge in [-0.25, -0.2) is 0 Å². The first-order valence-electron chi connectivity index (χ1n) is 14.7. The van der Waals surface area contributed by atoms with Gasteiger partial charge >= 0.3 is 0 Å². The number of hydrogen-bond acceptors (Lipinski definition) is 6. The Hall–Kier alpha value is -3.78. The van der Waals surface area contributed by atoms with Gasteiger partial charge in [0.25, 0.3) is 0 Å². The third kappa shape index (κ3) is 9.10. The normalized spacial score (nSPS) is 21.7. The highest BCUT2D eigenvalue weighted by atomic mass is 16.7. The second-order valence-electron chi connectivity index (χ2n) is 10.6. The van der Waals surface area contributed by atoms with Gasteiger partial charge in [0.15, 0.2) is 6.29 Å². The van der Waals surface area contributed by atoms with Crippen LogP contribution in [0.1, 0.15) is 22.3 Å². The van der Waals surface area contributed by atoms with Crippen LogP contribution in [0, 0.1) is 6.92 Å². The molecule has 0 saturated carbocycles. The Morgan fingerprint density at radius 1 is 0.605 bits per heavy atom. The predicted octanol–water partition coefficient (Wildman–Crippen LogP) is 7.06. The van der Waals surface area contributed by atoms with Crippen molar-refractivity contribution in [3.05, 3.63) is 150 Å². The number of benzene rings is 4. The molecule has 0 bridgehead atoms. The minimum Gasteiger partial charge on any atom is -0.491 e. The monoisotopic (exact) mass is 580 g/mol. The van der Waals surface area contributed by atoms with Crippen molar-refractivity contribution in [1.82, 2.24) is 0 Å². The smallest absolute Gasteiger partial charge is 0.187 e. The van der Waals surface area contributed by atoms with Crippen LogP contribution in [0.4, 0.5) is 0 Å². The summed E-state index contributed by atoms with van der Waals surface area (Å²) in [6.07, 6.45) is -1.16. The maximum Gasteiger partial charge on any atom is 0.187 e. The van der Waals surface area contributed by atoms with E-state index in [1.54, 1.807) is 6.08 Å². The quantitative estimate of drug-likeness (QED) is 0.140. The summed E-state index contributed by atoms with van der Waals surface area (Å²) in [4.78, 5) is 0. The van der Waals surface area contributed by atoms with E-state index in [0.717, 1.165) is 28.0 Å². The fourth-order valence-electron chi connectivity index (χ4n) is 4.99. The molecule has 0 radical (unpaired) electrons. The number of hydrogen-bond donors (Lipinski definition) is 0. The molecule has 1 fully saturated rings. The van der Waals surface area contributed by atoms with Crippen LogP contribution < -0.4 is 4.74 Å². The van der Waals surface area contributed by atoms with E-state index in [1.807, 2.05) is 122 Å². The molecule has 1 aliphatic rings.